The van der Waals surface area contributed by atoms with Crippen molar-refractivity contribution in [2.45, 2.75) is 50.7 Å². The van der Waals surface area contributed by atoms with Crippen LogP contribution in [0.25, 0.3) is 0 Å². The number of amides is 2. The third-order valence-electron chi connectivity index (χ3n) is 4.41. The summed E-state index contributed by atoms with van der Waals surface area (Å²) in [6, 6.07) is 2.00. The Balaban J connectivity index is 1.32. The molecular formula is C15H20N6O2. The van der Waals surface area contributed by atoms with Gasteiger partial charge >= 0.3 is 6.03 Å². The number of hydrogen-bond donors (Lipinski definition) is 1. The molecule has 0 bridgehead atoms. The van der Waals surface area contributed by atoms with Gasteiger partial charge in [0.2, 0.25) is 5.89 Å². The fourth-order valence-corrected chi connectivity index (χ4v) is 3.02. The zero-order valence-corrected chi connectivity index (χ0v) is 12.9. The monoisotopic (exact) mass is 316 g/mol. The van der Waals surface area contributed by atoms with Gasteiger partial charge in [0, 0.05) is 24.9 Å². The van der Waals surface area contributed by atoms with E-state index >= 15 is 0 Å². The van der Waals surface area contributed by atoms with Gasteiger partial charge in [0.1, 0.15) is 0 Å². The van der Waals surface area contributed by atoms with Crippen LogP contribution in [0.2, 0.25) is 0 Å². The first kappa shape index (κ1) is 14.2. The molecule has 1 aliphatic carbocycles. The zero-order chi connectivity index (χ0) is 15.6. The maximum Gasteiger partial charge on any atom is 0.318 e. The maximum absolute atomic E-state index is 12.4. The van der Waals surface area contributed by atoms with Gasteiger partial charge < -0.3 is 14.7 Å². The third-order valence-corrected chi connectivity index (χ3v) is 4.41. The van der Waals surface area contributed by atoms with Gasteiger partial charge in [-0.15, -0.1) is 0 Å². The molecule has 2 fully saturated rings. The number of urea groups is 1. The number of rotatable bonds is 5. The lowest BCUT2D eigenvalue weighted by atomic mass is 10.2. The van der Waals surface area contributed by atoms with Crippen LogP contribution in [0, 0.1) is 0 Å². The van der Waals surface area contributed by atoms with Crippen LogP contribution in [-0.4, -0.2) is 43.4 Å². The van der Waals surface area contributed by atoms with Crippen LogP contribution in [0.1, 0.15) is 43.3 Å². The molecule has 2 aromatic rings. The minimum Gasteiger partial charge on any atom is -0.337 e. The molecule has 1 saturated carbocycles. The average Bonchev–Trinajstić information content (AvgIpc) is 2.99. The van der Waals surface area contributed by atoms with Gasteiger partial charge in [0.25, 0.3) is 0 Å². The van der Waals surface area contributed by atoms with Crippen molar-refractivity contribution in [3.8, 4) is 0 Å². The minimum atomic E-state index is -0.0779. The molecular weight excluding hydrogens is 296 g/mol. The fraction of sp³-hybridized carbons (Fsp3) is 0.600. The van der Waals surface area contributed by atoms with E-state index in [4.69, 9.17) is 4.52 Å². The molecule has 3 heterocycles. The van der Waals surface area contributed by atoms with Gasteiger partial charge in [-0.1, -0.05) is 5.16 Å². The van der Waals surface area contributed by atoms with Crippen LogP contribution in [0.3, 0.4) is 0 Å². The Hall–Kier alpha value is -2.38. The Morgan fingerprint density at radius 1 is 1.39 bits per heavy atom. The Morgan fingerprint density at radius 3 is 3.09 bits per heavy atom. The van der Waals surface area contributed by atoms with E-state index in [2.05, 4.69) is 20.6 Å². The second-order valence-corrected chi connectivity index (χ2v) is 6.20. The average molecular weight is 316 g/mol. The van der Waals surface area contributed by atoms with Gasteiger partial charge in [-0.05, 0) is 31.7 Å². The summed E-state index contributed by atoms with van der Waals surface area (Å²) in [4.78, 5) is 18.6. The first-order valence-corrected chi connectivity index (χ1v) is 8.14. The van der Waals surface area contributed by atoms with Gasteiger partial charge in [0.05, 0.1) is 19.1 Å². The smallest absolute Gasteiger partial charge is 0.318 e. The quantitative estimate of drug-likeness (QED) is 0.903. The summed E-state index contributed by atoms with van der Waals surface area (Å²) in [6.07, 6.45) is 7.96. The normalized spacial score (nSPS) is 20.9. The standard InChI is InChI=1S/C15H20N6O2/c22-15(16-9-13-18-14(19-23-13)11-4-5-11)21-8-1-3-12(21)10-20-7-2-6-17-20/h2,6-7,11-12H,1,3-5,8-10H2,(H,16,22)/t12-/m0/s1. The molecule has 2 aromatic heterocycles. The summed E-state index contributed by atoms with van der Waals surface area (Å²) < 4.78 is 7.05. The molecule has 1 saturated heterocycles. The van der Waals surface area contributed by atoms with Crippen molar-refractivity contribution in [1.29, 1.82) is 0 Å². The lowest BCUT2D eigenvalue weighted by Gasteiger charge is -2.24. The van der Waals surface area contributed by atoms with E-state index in [-0.39, 0.29) is 18.6 Å². The van der Waals surface area contributed by atoms with Gasteiger partial charge in [-0.2, -0.15) is 10.1 Å². The number of aromatic nitrogens is 4. The summed E-state index contributed by atoms with van der Waals surface area (Å²) in [7, 11) is 0. The molecule has 1 N–H and O–H groups in total. The van der Waals surface area contributed by atoms with Gasteiger partial charge in [-0.3, -0.25) is 4.68 Å². The maximum atomic E-state index is 12.4. The van der Waals surface area contributed by atoms with Crippen LogP contribution < -0.4 is 5.32 Å². The number of hydrogen-bond acceptors (Lipinski definition) is 5. The van der Waals surface area contributed by atoms with Crippen LogP contribution in [-0.2, 0) is 13.1 Å². The van der Waals surface area contributed by atoms with Crippen molar-refractivity contribution in [2.75, 3.05) is 6.54 Å². The molecule has 8 heteroatoms. The summed E-state index contributed by atoms with van der Waals surface area (Å²) in [5.41, 5.74) is 0. The Morgan fingerprint density at radius 2 is 2.30 bits per heavy atom. The van der Waals surface area contributed by atoms with Crippen LogP contribution in [0.4, 0.5) is 4.79 Å². The summed E-state index contributed by atoms with van der Waals surface area (Å²) >= 11 is 0. The highest BCUT2D eigenvalue weighted by atomic mass is 16.5. The van der Waals surface area contributed by atoms with Crippen LogP contribution >= 0.6 is 0 Å². The van der Waals surface area contributed by atoms with Crippen molar-refractivity contribution < 1.29 is 9.32 Å². The number of nitrogens with zero attached hydrogens (tertiary/aromatic N) is 5. The number of likely N-dealkylation sites (tertiary alicyclic amines) is 1. The Bertz CT molecular complexity index is 663. The van der Waals surface area contributed by atoms with E-state index in [1.54, 1.807) is 6.20 Å². The highest BCUT2D eigenvalue weighted by molar-refractivity contribution is 5.74. The van der Waals surface area contributed by atoms with E-state index in [1.807, 2.05) is 21.8 Å². The lowest BCUT2D eigenvalue weighted by Crippen LogP contribution is -2.44. The van der Waals surface area contributed by atoms with Crippen molar-refractivity contribution in [1.82, 2.24) is 30.1 Å². The molecule has 0 spiro atoms. The van der Waals surface area contributed by atoms with Gasteiger partial charge in [-0.25, -0.2) is 4.79 Å². The molecule has 1 aliphatic heterocycles. The summed E-state index contributed by atoms with van der Waals surface area (Å²) in [5.74, 6) is 1.70. The van der Waals surface area contributed by atoms with E-state index in [0.717, 1.165) is 44.6 Å². The third kappa shape index (κ3) is 3.20. The van der Waals surface area contributed by atoms with Crippen molar-refractivity contribution >= 4 is 6.03 Å². The SMILES string of the molecule is O=C(NCc1nc(C2CC2)no1)N1CCC[C@H]1Cn1cccn1. The van der Waals surface area contributed by atoms with Crippen molar-refractivity contribution in [3.05, 3.63) is 30.2 Å². The molecule has 0 radical (unpaired) electrons. The highest BCUT2D eigenvalue weighted by Crippen LogP contribution is 2.38. The second-order valence-electron chi connectivity index (χ2n) is 6.20. The van der Waals surface area contributed by atoms with E-state index in [0.29, 0.717) is 11.8 Å². The van der Waals surface area contributed by atoms with Gasteiger partial charge in [0.15, 0.2) is 5.82 Å². The molecule has 8 nitrogen and oxygen atoms in total. The molecule has 0 aromatic carbocycles. The van der Waals surface area contributed by atoms with Crippen molar-refractivity contribution in [2.24, 2.45) is 0 Å². The number of nitrogens with one attached hydrogen (secondary N) is 1. The molecule has 2 amide bonds. The minimum absolute atomic E-state index is 0.0779. The van der Waals surface area contributed by atoms with Crippen LogP contribution in [0.5, 0.6) is 0 Å². The first-order valence-electron chi connectivity index (χ1n) is 8.14. The Labute approximate surface area is 133 Å². The molecule has 2 aliphatic rings. The molecule has 1 atom stereocenters. The predicted molar refractivity (Wildman–Crippen MR) is 80.5 cm³/mol. The molecule has 23 heavy (non-hydrogen) atoms. The lowest BCUT2D eigenvalue weighted by molar-refractivity contribution is 0.184. The molecule has 4 rings (SSSR count). The van der Waals surface area contributed by atoms with E-state index in [9.17, 15) is 4.79 Å². The summed E-state index contributed by atoms with van der Waals surface area (Å²) in [6.45, 7) is 1.78. The second kappa shape index (κ2) is 6.02. The number of carbonyl (C=O) groups excluding carboxylic acids is 1. The van der Waals surface area contributed by atoms with Crippen LogP contribution in [0.15, 0.2) is 23.0 Å². The fourth-order valence-electron chi connectivity index (χ4n) is 3.02. The molecule has 0 unspecified atom stereocenters. The summed E-state index contributed by atoms with van der Waals surface area (Å²) in [5, 5.41) is 11.1. The largest absolute Gasteiger partial charge is 0.337 e. The predicted octanol–water partition coefficient (Wildman–Crippen LogP) is 1.52. The molecule has 122 valence electrons. The topological polar surface area (TPSA) is 89.1 Å². The van der Waals surface area contributed by atoms with E-state index in [1.165, 1.54) is 0 Å². The van der Waals surface area contributed by atoms with Crippen molar-refractivity contribution in [3.63, 3.8) is 0 Å². The Kier molecular flexibility index (Phi) is 3.72. The first-order chi connectivity index (χ1) is 11.3. The number of carbonyl (C=O) groups is 1. The highest BCUT2D eigenvalue weighted by Gasteiger charge is 2.30. The van der Waals surface area contributed by atoms with E-state index < -0.39 is 0 Å². The zero-order valence-electron chi connectivity index (χ0n) is 12.9.